The second-order valence-corrected chi connectivity index (χ2v) is 6.77. The Hall–Kier alpha value is -1.44. The molecule has 114 valence electrons. The van der Waals surface area contributed by atoms with Gasteiger partial charge in [0.2, 0.25) is 5.91 Å². The topological polar surface area (TPSA) is 84.7 Å². The summed E-state index contributed by atoms with van der Waals surface area (Å²) in [5.74, 6) is -0.415. The van der Waals surface area contributed by atoms with Crippen LogP contribution in [0.3, 0.4) is 0 Å². The Balaban J connectivity index is 1.99. The maximum Gasteiger partial charge on any atom is 0.251 e. The Labute approximate surface area is 127 Å². The average Bonchev–Trinajstić information content (AvgIpc) is 3.19. The van der Waals surface area contributed by atoms with Gasteiger partial charge in [0.25, 0.3) is 5.91 Å². The lowest BCUT2D eigenvalue weighted by atomic mass is 10.0. The molecule has 3 rings (SSSR count). The number of primary amides is 1. The van der Waals surface area contributed by atoms with Crippen molar-refractivity contribution in [1.29, 1.82) is 0 Å². The lowest BCUT2D eigenvalue weighted by Gasteiger charge is -2.28. The third kappa shape index (κ3) is 2.68. The molecule has 0 bridgehead atoms. The second kappa shape index (κ2) is 5.40. The molecule has 2 amide bonds. The molecule has 6 nitrogen and oxygen atoms in total. The predicted molar refractivity (Wildman–Crippen MR) is 80.3 cm³/mol. The Kier molecular flexibility index (Phi) is 3.73. The van der Waals surface area contributed by atoms with Crippen molar-refractivity contribution in [2.45, 2.75) is 25.5 Å². The highest BCUT2D eigenvalue weighted by molar-refractivity contribution is 7.17. The van der Waals surface area contributed by atoms with E-state index in [1.165, 1.54) is 11.3 Å². The fraction of sp³-hybridized carbons (Fsp3) is 0.571. The van der Waals surface area contributed by atoms with Crippen LogP contribution in [-0.4, -0.2) is 37.4 Å². The van der Waals surface area contributed by atoms with E-state index in [0.29, 0.717) is 23.6 Å². The van der Waals surface area contributed by atoms with Crippen LogP contribution in [0, 0.1) is 5.92 Å². The van der Waals surface area contributed by atoms with Crippen molar-refractivity contribution >= 4 is 28.2 Å². The number of ether oxygens (including phenoxy) is 1. The first kappa shape index (κ1) is 14.5. The molecule has 0 spiro atoms. The molecule has 1 aromatic heterocycles. The van der Waals surface area contributed by atoms with Crippen LogP contribution >= 0.6 is 11.3 Å². The van der Waals surface area contributed by atoms with E-state index in [2.05, 4.69) is 5.32 Å². The van der Waals surface area contributed by atoms with Crippen LogP contribution in [0.25, 0.3) is 0 Å². The van der Waals surface area contributed by atoms with E-state index in [1.807, 2.05) is 19.0 Å². The summed E-state index contributed by atoms with van der Waals surface area (Å²) >= 11 is 1.40. The highest BCUT2D eigenvalue weighted by Crippen LogP contribution is 2.42. The average molecular weight is 309 g/mol. The van der Waals surface area contributed by atoms with Gasteiger partial charge in [0.1, 0.15) is 11.2 Å². The summed E-state index contributed by atoms with van der Waals surface area (Å²) in [6, 6.07) is 0. The van der Waals surface area contributed by atoms with Gasteiger partial charge in [-0.2, -0.15) is 0 Å². The van der Waals surface area contributed by atoms with Gasteiger partial charge < -0.3 is 15.8 Å². The SMILES string of the molecule is CN(C)C1OCCc2c1sc(NC(=O)C1CC1)c2C(N)=O. The Bertz CT molecular complexity index is 593. The number of carbonyl (C=O) groups is 2. The molecular weight excluding hydrogens is 290 g/mol. The molecule has 1 aliphatic carbocycles. The fourth-order valence-corrected chi connectivity index (χ4v) is 3.97. The van der Waals surface area contributed by atoms with Crippen molar-refractivity contribution in [3.8, 4) is 0 Å². The van der Waals surface area contributed by atoms with Crippen LogP contribution in [0.1, 0.15) is 39.9 Å². The van der Waals surface area contributed by atoms with E-state index in [4.69, 9.17) is 10.5 Å². The highest BCUT2D eigenvalue weighted by Gasteiger charge is 2.34. The zero-order valence-corrected chi connectivity index (χ0v) is 13.0. The Morgan fingerprint density at radius 2 is 2.10 bits per heavy atom. The number of fused-ring (bicyclic) bond motifs is 1. The van der Waals surface area contributed by atoms with E-state index >= 15 is 0 Å². The maximum absolute atomic E-state index is 12.0. The van der Waals surface area contributed by atoms with Gasteiger partial charge in [-0.3, -0.25) is 14.5 Å². The molecule has 1 unspecified atom stereocenters. The maximum atomic E-state index is 12.0. The van der Waals surface area contributed by atoms with Gasteiger partial charge in [-0.15, -0.1) is 11.3 Å². The van der Waals surface area contributed by atoms with E-state index in [0.717, 1.165) is 23.3 Å². The van der Waals surface area contributed by atoms with Gasteiger partial charge >= 0.3 is 0 Å². The number of carbonyl (C=O) groups excluding carboxylic acids is 2. The minimum Gasteiger partial charge on any atom is -0.365 e. The van der Waals surface area contributed by atoms with Crippen molar-refractivity contribution < 1.29 is 14.3 Å². The second-order valence-electron chi connectivity index (χ2n) is 5.71. The molecule has 1 fully saturated rings. The lowest BCUT2D eigenvalue weighted by molar-refractivity contribution is -0.117. The number of amides is 2. The molecule has 7 heteroatoms. The molecule has 2 heterocycles. The molecule has 1 atom stereocenters. The van der Waals surface area contributed by atoms with Crippen LogP contribution in [-0.2, 0) is 16.0 Å². The normalized spacial score (nSPS) is 21.2. The van der Waals surface area contributed by atoms with Gasteiger partial charge in [0.15, 0.2) is 0 Å². The smallest absolute Gasteiger partial charge is 0.251 e. The number of nitrogens with one attached hydrogen (secondary N) is 1. The molecule has 3 N–H and O–H groups in total. The molecular formula is C14H19N3O3S. The van der Waals surface area contributed by atoms with Crippen LogP contribution in [0.15, 0.2) is 0 Å². The van der Waals surface area contributed by atoms with Gasteiger partial charge in [0, 0.05) is 5.92 Å². The summed E-state index contributed by atoms with van der Waals surface area (Å²) in [5.41, 5.74) is 6.91. The first-order valence-corrected chi connectivity index (χ1v) is 7.85. The lowest BCUT2D eigenvalue weighted by Crippen LogP contribution is -2.28. The van der Waals surface area contributed by atoms with Gasteiger partial charge in [0.05, 0.1) is 17.0 Å². The van der Waals surface area contributed by atoms with E-state index < -0.39 is 5.91 Å². The summed E-state index contributed by atoms with van der Waals surface area (Å²) in [4.78, 5) is 26.7. The van der Waals surface area contributed by atoms with Gasteiger partial charge in [-0.05, 0) is 38.9 Å². The first-order valence-electron chi connectivity index (χ1n) is 7.03. The van der Waals surface area contributed by atoms with Crippen molar-refractivity contribution in [3.05, 3.63) is 16.0 Å². The van der Waals surface area contributed by atoms with Crippen molar-refractivity contribution in [2.24, 2.45) is 11.7 Å². The third-order valence-corrected chi connectivity index (χ3v) is 4.97. The minimum absolute atomic E-state index is 0.0154. The van der Waals surface area contributed by atoms with Crippen LogP contribution in [0.5, 0.6) is 0 Å². The molecule has 21 heavy (non-hydrogen) atoms. The van der Waals surface area contributed by atoms with Crippen molar-refractivity contribution in [3.63, 3.8) is 0 Å². The number of rotatable bonds is 4. The summed E-state index contributed by atoms with van der Waals surface area (Å²) < 4.78 is 5.75. The van der Waals surface area contributed by atoms with E-state index in [9.17, 15) is 9.59 Å². The molecule has 0 saturated heterocycles. The molecule has 2 aliphatic rings. The number of nitrogens with zero attached hydrogens (tertiary/aromatic N) is 1. The zero-order valence-electron chi connectivity index (χ0n) is 12.1. The number of hydrogen-bond acceptors (Lipinski definition) is 5. The van der Waals surface area contributed by atoms with Crippen molar-refractivity contribution in [1.82, 2.24) is 4.90 Å². The zero-order chi connectivity index (χ0) is 15.1. The van der Waals surface area contributed by atoms with Crippen LogP contribution < -0.4 is 11.1 Å². The standard InChI is InChI=1S/C14H19N3O3S/c1-17(2)14-10-8(5-6-20-14)9(11(15)18)13(21-10)16-12(19)7-3-4-7/h7,14H,3-6H2,1-2H3,(H2,15,18)(H,16,19). The number of hydrogen-bond donors (Lipinski definition) is 2. The number of anilines is 1. The largest absolute Gasteiger partial charge is 0.365 e. The Morgan fingerprint density at radius 3 is 2.67 bits per heavy atom. The van der Waals surface area contributed by atoms with Crippen LogP contribution in [0.4, 0.5) is 5.00 Å². The van der Waals surface area contributed by atoms with Gasteiger partial charge in [-0.25, -0.2) is 0 Å². The molecule has 1 aliphatic heterocycles. The van der Waals surface area contributed by atoms with Gasteiger partial charge in [-0.1, -0.05) is 0 Å². The fourth-order valence-electron chi connectivity index (χ4n) is 2.57. The van der Waals surface area contributed by atoms with E-state index in [-0.39, 0.29) is 18.1 Å². The minimum atomic E-state index is -0.488. The number of nitrogens with two attached hydrogens (primary N) is 1. The highest BCUT2D eigenvalue weighted by atomic mass is 32.1. The summed E-state index contributed by atoms with van der Waals surface area (Å²) in [7, 11) is 3.84. The first-order chi connectivity index (χ1) is 9.99. The quantitative estimate of drug-likeness (QED) is 0.878. The summed E-state index contributed by atoms with van der Waals surface area (Å²) in [6.45, 7) is 0.545. The van der Waals surface area contributed by atoms with Crippen LogP contribution in [0.2, 0.25) is 0 Å². The van der Waals surface area contributed by atoms with E-state index in [1.54, 1.807) is 0 Å². The molecule has 1 aromatic rings. The predicted octanol–water partition coefficient (Wildman–Crippen LogP) is 1.33. The molecule has 0 radical (unpaired) electrons. The van der Waals surface area contributed by atoms with Crippen molar-refractivity contribution in [2.75, 3.05) is 26.0 Å². The Morgan fingerprint density at radius 1 is 1.38 bits per heavy atom. The molecule has 0 aromatic carbocycles. The third-order valence-electron chi connectivity index (χ3n) is 3.79. The molecule has 1 saturated carbocycles. The summed E-state index contributed by atoms with van der Waals surface area (Å²) in [5, 5.41) is 3.45. The summed E-state index contributed by atoms with van der Waals surface area (Å²) in [6.07, 6.45) is 2.30. The number of thiophene rings is 1. The monoisotopic (exact) mass is 309 g/mol.